The number of oxazole rings is 1. The molecule has 0 radical (unpaired) electrons. The van der Waals surface area contributed by atoms with Crippen LogP contribution in [0.25, 0.3) is 11.3 Å². The molecule has 0 aliphatic heterocycles. The van der Waals surface area contributed by atoms with Crippen molar-refractivity contribution in [3.8, 4) is 17.1 Å². The minimum absolute atomic E-state index is 0.0425. The molecule has 0 N–H and O–H groups in total. The number of nitrogens with zero attached hydrogens (tertiary/aromatic N) is 2. The second kappa shape index (κ2) is 7.94. The van der Waals surface area contributed by atoms with Crippen molar-refractivity contribution < 1.29 is 9.15 Å². The summed E-state index contributed by atoms with van der Waals surface area (Å²) in [6.45, 7) is 4.83. The number of benzene rings is 2. The smallest absolute Gasteiger partial charge is 0.212 e. The lowest BCUT2D eigenvalue weighted by Gasteiger charge is -2.22. The Morgan fingerprint density at radius 2 is 1.92 bits per heavy atom. The molecule has 0 spiro atoms. The van der Waals surface area contributed by atoms with Crippen molar-refractivity contribution >= 4 is 11.6 Å². The van der Waals surface area contributed by atoms with Gasteiger partial charge in [-0.25, -0.2) is 4.98 Å². The first-order valence-corrected chi connectivity index (χ1v) is 8.92. The minimum Gasteiger partial charge on any atom is -0.497 e. The lowest BCUT2D eigenvalue weighted by atomic mass is 10.1. The molecule has 2 aromatic carbocycles. The van der Waals surface area contributed by atoms with Gasteiger partial charge in [-0.3, -0.25) is 4.90 Å². The molecule has 5 heteroatoms. The minimum atomic E-state index is 0.0425. The van der Waals surface area contributed by atoms with Crippen molar-refractivity contribution in [1.82, 2.24) is 9.88 Å². The van der Waals surface area contributed by atoms with Crippen LogP contribution in [0.2, 0.25) is 5.02 Å². The number of ether oxygens (including phenoxy) is 1. The predicted octanol–water partition coefficient (Wildman–Crippen LogP) is 5.51. The van der Waals surface area contributed by atoms with E-state index in [-0.39, 0.29) is 6.04 Å². The van der Waals surface area contributed by atoms with Crippen LogP contribution in [-0.2, 0) is 6.54 Å². The van der Waals surface area contributed by atoms with Gasteiger partial charge in [-0.05, 0) is 62.9 Å². The number of methoxy groups -OCH3 is 1. The monoisotopic (exact) mass is 370 g/mol. The number of aromatic nitrogens is 1. The fraction of sp³-hybridized carbons (Fsp3) is 0.286. The topological polar surface area (TPSA) is 38.5 Å². The number of aryl methyl sites for hydroxylation is 1. The van der Waals surface area contributed by atoms with E-state index in [0.29, 0.717) is 10.9 Å². The van der Waals surface area contributed by atoms with E-state index in [9.17, 15) is 0 Å². The molecule has 0 unspecified atom stereocenters. The van der Waals surface area contributed by atoms with Crippen molar-refractivity contribution in [1.29, 1.82) is 0 Å². The summed E-state index contributed by atoms with van der Waals surface area (Å²) in [6.07, 6.45) is 0. The van der Waals surface area contributed by atoms with E-state index in [1.165, 1.54) is 5.56 Å². The molecule has 4 nitrogen and oxygen atoms in total. The van der Waals surface area contributed by atoms with Crippen LogP contribution in [0.5, 0.6) is 5.75 Å². The molecule has 1 atom stereocenters. The van der Waals surface area contributed by atoms with Gasteiger partial charge in [0, 0.05) is 17.1 Å². The van der Waals surface area contributed by atoms with E-state index in [0.717, 1.165) is 29.3 Å². The lowest BCUT2D eigenvalue weighted by Crippen LogP contribution is -2.22. The second-order valence-electron chi connectivity index (χ2n) is 6.42. The molecule has 0 bridgehead atoms. The van der Waals surface area contributed by atoms with Crippen molar-refractivity contribution in [2.75, 3.05) is 14.2 Å². The van der Waals surface area contributed by atoms with Gasteiger partial charge in [0.15, 0.2) is 5.76 Å². The van der Waals surface area contributed by atoms with Crippen LogP contribution in [0, 0.1) is 6.92 Å². The standard InChI is InChI=1S/C21H23ClN2O2/c1-14-20(17-8-10-18(22)11-9-17)26-21(23-14)15(2)24(3)13-16-6-5-7-19(12-16)25-4/h5-12,15H,13H2,1-4H3/t15-/m1/s1. The van der Waals surface area contributed by atoms with Crippen LogP contribution < -0.4 is 4.74 Å². The van der Waals surface area contributed by atoms with Gasteiger partial charge in [-0.15, -0.1) is 0 Å². The highest BCUT2D eigenvalue weighted by molar-refractivity contribution is 6.30. The molecule has 0 amide bonds. The largest absolute Gasteiger partial charge is 0.497 e. The maximum absolute atomic E-state index is 6.09. The number of hydrogen-bond acceptors (Lipinski definition) is 4. The first-order chi connectivity index (χ1) is 12.5. The fourth-order valence-corrected chi connectivity index (χ4v) is 2.98. The molecule has 1 aromatic heterocycles. The molecule has 26 heavy (non-hydrogen) atoms. The Kier molecular flexibility index (Phi) is 5.64. The van der Waals surface area contributed by atoms with E-state index in [2.05, 4.69) is 29.9 Å². The Morgan fingerprint density at radius 3 is 2.62 bits per heavy atom. The van der Waals surface area contributed by atoms with Crippen molar-refractivity contribution in [3.05, 3.63) is 70.7 Å². The number of rotatable bonds is 6. The Labute approximate surface area is 159 Å². The summed E-state index contributed by atoms with van der Waals surface area (Å²) in [6, 6.07) is 15.7. The third kappa shape index (κ3) is 4.09. The van der Waals surface area contributed by atoms with E-state index in [4.69, 9.17) is 20.8 Å². The molecular weight excluding hydrogens is 348 g/mol. The zero-order valence-electron chi connectivity index (χ0n) is 15.5. The van der Waals surface area contributed by atoms with Crippen LogP contribution in [0.3, 0.4) is 0 Å². The summed E-state index contributed by atoms with van der Waals surface area (Å²) in [5.74, 6) is 2.36. The Bertz CT molecular complexity index is 874. The quantitative estimate of drug-likeness (QED) is 0.573. The Morgan fingerprint density at radius 1 is 1.19 bits per heavy atom. The summed E-state index contributed by atoms with van der Waals surface area (Å²) in [4.78, 5) is 6.84. The van der Waals surface area contributed by atoms with Crippen LogP contribution in [0.1, 0.15) is 30.1 Å². The number of halogens is 1. The van der Waals surface area contributed by atoms with Crippen LogP contribution >= 0.6 is 11.6 Å². The van der Waals surface area contributed by atoms with Crippen molar-refractivity contribution in [3.63, 3.8) is 0 Å². The molecule has 0 aliphatic rings. The zero-order chi connectivity index (χ0) is 18.7. The average molecular weight is 371 g/mol. The van der Waals surface area contributed by atoms with Gasteiger partial charge in [0.2, 0.25) is 5.89 Å². The number of hydrogen-bond donors (Lipinski definition) is 0. The fourth-order valence-electron chi connectivity index (χ4n) is 2.85. The molecule has 3 rings (SSSR count). The van der Waals surface area contributed by atoms with Crippen LogP contribution in [-0.4, -0.2) is 24.0 Å². The predicted molar refractivity (Wildman–Crippen MR) is 105 cm³/mol. The highest BCUT2D eigenvalue weighted by atomic mass is 35.5. The molecule has 0 saturated heterocycles. The summed E-state index contributed by atoms with van der Waals surface area (Å²) >= 11 is 5.97. The molecule has 136 valence electrons. The normalized spacial score (nSPS) is 12.4. The van der Waals surface area contributed by atoms with Gasteiger partial charge in [0.1, 0.15) is 5.75 Å². The highest BCUT2D eigenvalue weighted by Gasteiger charge is 2.20. The first-order valence-electron chi connectivity index (χ1n) is 8.54. The maximum Gasteiger partial charge on any atom is 0.212 e. The van der Waals surface area contributed by atoms with Gasteiger partial charge in [-0.1, -0.05) is 23.7 Å². The van der Waals surface area contributed by atoms with Crippen molar-refractivity contribution in [2.24, 2.45) is 0 Å². The summed E-state index contributed by atoms with van der Waals surface area (Å²) in [5, 5.41) is 0.706. The zero-order valence-corrected chi connectivity index (χ0v) is 16.2. The summed E-state index contributed by atoms with van der Waals surface area (Å²) in [5.41, 5.74) is 3.04. The van der Waals surface area contributed by atoms with E-state index in [1.807, 2.05) is 49.4 Å². The summed E-state index contributed by atoms with van der Waals surface area (Å²) in [7, 11) is 3.74. The molecular formula is C21H23ClN2O2. The molecule has 3 aromatic rings. The summed E-state index contributed by atoms with van der Waals surface area (Å²) < 4.78 is 11.4. The molecule has 0 aliphatic carbocycles. The lowest BCUT2D eigenvalue weighted by molar-refractivity contribution is 0.218. The van der Waals surface area contributed by atoms with E-state index < -0.39 is 0 Å². The van der Waals surface area contributed by atoms with Gasteiger partial charge in [0.25, 0.3) is 0 Å². The average Bonchev–Trinajstić information content (AvgIpc) is 3.03. The molecule has 1 heterocycles. The van der Waals surface area contributed by atoms with Crippen LogP contribution in [0.4, 0.5) is 0 Å². The van der Waals surface area contributed by atoms with Gasteiger partial charge < -0.3 is 9.15 Å². The van der Waals surface area contributed by atoms with Gasteiger partial charge >= 0.3 is 0 Å². The van der Waals surface area contributed by atoms with Gasteiger partial charge in [0.05, 0.1) is 18.8 Å². The first kappa shape index (κ1) is 18.5. The van der Waals surface area contributed by atoms with Crippen molar-refractivity contribution in [2.45, 2.75) is 26.4 Å². The second-order valence-corrected chi connectivity index (χ2v) is 6.85. The third-order valence-corrected chi connectivity index (χ3v) is 4.76. The third-order valence-electron chi connectivity index (χ3n) is 4.50. The van der Waals surface area contributed by atoms with E-state index >= 15 is 0 Å². The van der Waals surface area contributed by atoms with Crippen LogP contribution in [0.15, 0.2) is 52.9 Å². The highest BCUT2D eigenvalue weighted by Crippen LogP contribution is 2.30. The molecule has 0 fully saturated rings. The maximum atomic E-state index is 6.09. The molecule has 0 saturated carbocycles. The van der Waals surface area contributed by atoms with E-state index in [1.54, 1.807) is 7.11 Å². The van der Waals surface area contributed by atoms with Gasteiger partial charge in [-0.2, -0.15) is 0 Å². The Balaban J connectivity index is 1.77. The SMILES string of the molecule is COc1cccc(CN(C)[C@H](C)c2nc(C)c(-c3ccc(Cl)cc3)o2)c1. The Hall–Kier alpha value is -2.30.